The molecule has 3 N–H and O–H groups in total. The minimum atomic E-state index is 0.251. The van der Waals surface area contributed by atoms with Crippen molar-refractivity contribution in [3.05, 3.63) is 54.7 Å². The molecular formula is C17H14N6. The number of aryl methyl sites for hydroxylation is 1. The summed E-state index contributed by atoms with van der Waals surface area (Å²) in [5.41, 5.74) is 11.1. The maximum atomic E-state index is 5.85. The lowest BCUT2D eigenvalue weighted by Crippen LogP contribution is -2.02. The number of nitrogen functional groups attached to an aromatic ring is 1. The lowest BCUT2D eigenvalue weighted by Gasteiger charge is -2.12. The van der Waals surface area contributed by atoms with Crippen LogP contribution in [0.1, 0.15) is 5.69 Å². The normalized spacial score (nSPS) is 11.0. The zero-order chi connectivity index (χ0) is 15.8. The molecule has 0 amide bonds. The monoisotopic (exact) mass is 302 g/mol. The number of nitrogens with two attached hydrogens (primary N) is 1. The summed E-state index contributed by atoms with van der Waals surface area (Å²) in [4.78, 5) is 20.5. The summed E-state index contributed by atoms with van der Waals surface area (Å²) in [7, 11) is 0. The van der Waals surface area contributed by atoms with Gasteiger partial charge >= 0.3 is 0 Å². The molecule has 0 aromatic carbocycles. The minimum Gasteiger partial charge on any atom is -0.368 e. The number of aromatic nitrogens is 5. The van der Waals surface area contributed by atoms with Crippen LogP contribution in [0.25, 0.3) is 33.4 Å². The smallest absolute Gasteiger partial charge is 0.220 e. The molecule has 112 valence electrons. The number of H-pyrrole nitrogens is 1. The molecule has 0 aliphatic rings. The topological polar surface area (TPSA) is 93.4 Å². The molecule has 0 saturated heterocycles. The van der Waals surface area contributed by atoms with Gasteiger partial charge in [-0.1, -0.05) is 0 Å². The molecule has 0 aliphatic heterocycles. The zero-order valence-electron chi connectivity index (χ0n) is 12.5. The lowest BCUT2D eigenvalue weighted by atomic mass is 9.99. The molecule has 6 nitrogen and oxygen atoms in total. The number of nitrogens with one attached hydrogen (secondary N) is 1. The predicted octanol–water partition coefficient (Wildman–Crippen LogP) is 2.97. The second-order valence-electron chi connectivity index (χ2n) is 5.27. The second-order valence-corrected chi connectivity index (χ2v) is 5.27. The highest BCUT2D eigenvalue weighted by molar-refractivity contribution is 5.87. The Bertz CT molecular complexity index is 991. The SMILES string of the molecule is Cc1nc(N)nc(-c2cccnc2)c1-c1cnc2[nH]ccc2c1. The van der Waals surface area contributed by atoms with E-state index in [2.05, 4.69) is 31.0 Å². The Balaban J connectivity index is 2.00. The second kappa shape index (κ2) is 5.17. The number of hydrogen-bond donors (Lipinski definition) is 2. The van der Waals surface area contributed by atoms with Gasteiger partial charge in [0, 0.05) is 46.9 Å². The first kappa shape index (κ1) is 13.4. The van der Waals surface area contributed by atoms with Crippen molar-refractivity contribution in [2.45, 2.75) is 6.92 Å². The van der Waals surface area contributed by atoms with Gasteiger partial charge in [-0.2, -0.15) is 0 Å². The molecular weight excluding hydrogens is 288 g/mol. The lowest BCUT2D eigenvalue weighted by molar-refractivity contribution is 1.12. The summed E-state index contributed by atoms with van der Waals surface area (Å²) < 4.78 is 0. The number of anilines is 1. The molecule has 23 heavy (non-hydrogen) atoms. The highest BCUT2D eigenvalue weighted by Gasteiger charge is 2.15. The largest absolute Gasteiger partial charge is 0.368 e. The van der Waals surface area contributed by atoms with Crippen LogP contribution in [0, 0.1) is 6.92 Å². The van der Waals surface area contributed by atoms with Gasteiger partial charge in [0.15, 0.2) is 0 Å². The molecule has 0 spiro atoms. The number of hydrogen-bond acceptors (Lipinski definition) is 5. The summed E-state index contributed by atoms with van der Waals surface area (Å²) >= 11 is 0. The van der Waals surface area contributed by atoms with Gasteiger partial charge < -0.3 is 10.7 Å². The van der Waals surface area contributed by atoms with E-state index in [0.717, 1.165) is 39.1 Å². The molecule has 4 aromatic heterocycles. The van der Waals surface area contributed by atoms with Crippen molar-refractivity contribution >= 4 is 17.0 Å². The summed E-state index contributed by atoms with van der Waals surface area (Å²) in [6, 6.07) is 7.89. The zero-order valence-corrected chi connectivity index (χ0v) is 12.5. The van der Waals surface area contributed by atoms with E-state index in [-0.39, 0.29) is 5.95 Å². The number of nitrogens with zero attached hydrogens (tertiary/aromatic N) is 4. The van der Waals surface area contributed by atoms with Crippen molar-refractivity contribution in [2.75, 3.05) is 5.73 Å². The summed E-state index contributed by atoms with van der Waals surface area (Å²) in [5, 5.41) is 1.04. The highest BCUT2D eigenvalue weighted by atomic mass is 15.0. The number of fused-ring (bicyclic) bond motifs is 1. The fraction of sp³-hybridized carbons (Fsp3) is 0.0588. The maximum Gasteiger partial charge on any atom is 0.220 e. The van der Waals surface area contributed by atoms with E-state index in [1.165, 1.54) is 0 Å². The fourth-order valence-electron chi connectivity index (χ4n) is 2.73. The van der Waals surface area contributed by atoms with Crippen molar-refractivity contribution in [1.29, 1.82) is 0 Å². The summed E-state index contributed by atoms with van der Waals surface area (Å²) in [6.07, 6.45) is 7.19. The van der Waals surface area contributed by atoms with Crippen LogP contribution in [0.2, 0.25) is 0 Å². The molecule has 0 atom stereocenters. The first-order valence-electron chi connectivity index (χ1n) is 7.20. The van der Waals surface area contributed by atoms with Crippen molar-refractivity contribution in [1.82, 2.24) is 24.9 Å². The Morgan fingerprint density at radius 1 is 1.09 bits per heavy atom. The van der Waals surface area contributed by atoms with Crippen molar-refractivity contribution in [3.8, 4) is 22.4 Å². The maximum absolute atomic E-state index is 5.85. The van der Waals surface area contributed by atoms with E-state index in [9.17, 15) is 0 Å². The van der Waals surface area contributed by atoms with Gasteiger partial charge in [-0.15, -0.1) is 0 Å². The van der Waals surface area contributed by atoms with Gasteiger partial charge in [-0.05, 0) is 31.2 Å². The van der Waals surface area contributed by atoms with Gasteiger partial charge in [-0.3, -0.25) is 4.98 Å². The van der Waals surface area contributed by atoms with E-state index in [4.69, 9.17) is 5.73 Å². The molecule has 0 aliphatic carbocycles. The van der Waals surface area contributed by atoms with Gasteiger partial charge in [0.05, 0.1) is 11.4 Å². The molecule has 4 rings (SSSR count). The molecule has 0 bridgehead atoms. The Labute approximate surface area is 132 Å². The quantitative estimate of drug-likeness (QED) is 0.593. The van der Waals surface area contributed by atoms with Crippen LogP contribution in [0.15, 0.2) is 49.1 Å². The molecule has 4 aromatic rings. The van der Waals surface area contributed by atoms with E-state index >= 15 is 0 Å². The number of aromatic amines is 1. The Hall–Kier alpha value is -3.28. The summed E-state index contributed by atoms with van der Waals surface area (Å²) in [5.74, 6) is 0.251. The van der Waals surface area contributed by atoms with Crippen LogP contribution < -0.4 is 5.73 Å². The van der Waals surface area contributed by atoms with Crippen molar-refractivity contribution in [3.63, 3.8) is 0 Å². The highest BCUT2D eigenvalue weighted by Crippen LogP contribution is 2.33. The van der Waals surface area contributed by atoms with Crippen molar-refractivity contribution in [2.24, 2.45) is 0 Å². The van der Waals surface area contributed by atoms with Gasteiger partial charge in [-0.25, -0.2) is 15.0 Å². The van der Waals surface area contributed by atoms with Crippen molar-refractivity contribution < 1.29 is 0 Å². The van der Waals surface area contributed by atoms with Crippen LogP contribution in [-0.2, 0) is 0 Å². The Kier molecular flexibility index (Phi) is 3.01. The third-order valence-corrected chi connectivity index (χ3v) is 3.73. The van der Waals surface area contributed by atoms with E-state index in [0.29, 0.717) is 0 Å². The molecule has 0 fully saturated rings. The van der Waals surface area contributed by atoms with Gasteiger partial charge in [0.1, 0.15) is 5.65 Å². The Morgan fingerprint density at radius 3 is 2.83 bits per heavy atom. The fourth-order valence-corrected chi connectivity index (χ4v) is 2.73. The molecule has 6 heteroatoms. The Morgan fingerprint density at radius 2 is 2.00 bits per heavy atom. The van der Waals surface area contributed by atoms with E-state index < -0.39 is 0 Å². The minimum absolute atomic E-state index is 0.251. The van der Waals surface area contributed by atoms with Crippen LogP contribution in [0.4, 0.5) is 5.95 Å². The average molecular weight is 302 g/mol. The standard InChI is InChI=1S/C17H14N6/c1-10-14(13-7-11-4-6-20-16(11)21-9-13)15(23-17(18)22-10)12-3-2-5-19-8-12/h2-9H,1H3,(H,20,21)(H2,18,22,23). The van der Waals surface area contributed by atoms with E-state index in [1.807, 2.05) is 37.5 Å². The molecule has 4 heterocycles. The molecule has 0 unspecified atom stereocenters. The number of rotatable bonds is 2. The van der Waals surface area contributed by atoms with E-state index in [1.54, 1.807) is 12.4 Å². The van der Waals surface area contributed by atoms with Crippen LogP contribution in [-0.4, -0.2) is 24.9 Å². The number of pyridine rings is 2. The first-order chi connectivity index (χ1) is 11.2. The van der Waals surface area contributed by atoms with Gasteiger partial charge in [0.2, 0.25) is 5.95 Å². The van der Waals surface area contributed by atoms with Crippen LogP contribution >= 0.6 is 0 Å². The third kappa shape index (κ3) is 2.30. The molecule has 0 saturated carbocycles. The van der Waals surface area contributed by atoms with Crippen LogP contribution in [0.3, 0.4) is 0 Å². The third-order valence-electron chi connectivity index (χ3n) is 3.73. The molecule has 0 radical (unpaired) electrons. The summed E-state index contributed by atoms with van der Waals surface area (Å²) in [6.45, 7) is 1.93. The average Bonchev–Trinajstić information content (AvgIpc) is 3.02. The van der Waals surface area contributed by atoms with Gasteiger partial charge in [0.25, 0.3) is 0 Å². The predicted molar refractivity (Wildman–Crippen MR) is 89.5 cm³/mol. The van der Waals surface area contributed by atoms with Crippen LogP contribution in [0.5, 0.6) is 0 Å². The first-order valence-corrected chi connectivity index (χ1v) is 7.20.